The van der Waals surface area contributed by atoms with E-state index in [1.807, 2.05) is 42.5 Å². The van der Waals surface area contributed by atoms with Crippen LogP contribution in [0.25, 0.3) is 10.8 Å². The number of fused-ring (bicyclic) bond motifs is 1. The molecule has 0 bridgehead atoms. The van der Waals surface area contributed by atoms with E-state index in [1.165, 1.54) is 6.39 Å². The lowest BCUT2D eigenvalue weighted by molar-refractivity contribution is -0.142. The largest absolute Gasteiger partial charge is 0.484 e. The van der Waals surface area contributed by atoms with Gasteiger partial charge < -0.3 is 18.9 Å². The van der Waals surface area contributed by atoms with Crippen molar-refractivity contribution in [3.05, 3.63) is 54.7 Å². The van der Waals surface area contributed by atoms with E-state index in [1.54, 1.807) is 4.90 Å². The molecule has 7 nitrogen and oxygen atoms in total. The molecule has 1 saturated heterocycles. The number of amides is 1. The molecule has 0 radical (unpaired) electrons. The van der Waals surface area contributed by atoms with E-state index in [0.29, 0.717) is 31.3 Å². The molecule has 0 unspecified atom stereocenters. The highest BCUT2D eigenvalue weighted by Gasteiger charge is 2.31. The van der Waals surface area contributed by atoms with Crippen molar-refractivity contribution in [2.75, 3.05) is 26.4 Å². The zero-order chi connectivity index (χ0) is 17.1. The SMILES string of the molecule is O=C(COc1ccc2ccccc2c1)N1CCOC[C@H]1c1ncon1. The molecule has 3 aromatic rings. The van der Waals surface area contributed by atoms with Crippen LogP contribution >= 0.6 is 0 Å². The first-order valence-electron chi connectivity index (χ1n) is 8.06. The van der Waals surface area contributed by atoms with E-state index in [2.05, 4.69) is 10.1 Å². The molecular weight excluding hydrogens is 322 g/mol. The van der Waals surface area contributed by atoms with E-state index in [0.717, 1.165) is 10.8 Å². The summed E-state index contributed by atoms with van der Waals surface area (Å²) in [4.78, 5) is 18.3. The molecule has 1 aliphatic heterocycles. The predicted molar refractivity (Wildman–Crippen MR) is 89.0 cm³/mol. The van der Waals surface area contributed by atoms with Crippen molar-refractivity contribution < 1.29 is 18.8 Å². The number of morpholine rings is 1. The first-order chi connectivity index (χ1) is 12.3. The smallest absolute Gasteiger partial charge is 0.261 e. The van der Waals surface area contributed by atoms with Crippen LogP contribution in [-0.4, -0.2) is 47.3 Å². The number of benzene rings is 2. The highest BCUT2D eigenvalue weighted by atomic mass is 16.5. The highest BCUT2D eigenvalue weighted by molar-refractivity contribution is 5.84. The van der Waals surface area contributed by atoms with Crippen molar-refractivity contribution in [2.24, 2.45) is 0 Å². The minimum absolute atomic E-state index is 0.0489. The molecular formula is C18H17N3O4. The van der Waals surface area contributed by atoms with Gasteiger partial charge in [0.25, 0.3) is 5.91 Å². The van der Waals surface area contributed by atoms with Crippen molar-refractivity contribution in [1.29, 1.82) is 0 Å². The Kier molecular flexibility index (Phi) is 4.30. The van der Waals surface area contributed by atoms with Crippen molar-refractivity contribution in [2.45, 2.75) is 6.04 Å². The molecule has 1 amide bonds. The summed E-state index contributed by atoms with van der Waals surface area (Å²) in [6, 6.07) is 13.4. The van der Waals surface area contributed by atoms with Crippen LogP contribution < -0.4 is 4.74 Å². The third kappa shape index (κ3) is 3.32. The number of carbonyl (C=O) groups is 1. The third-order valence-electron chi connectivity index (χ3n) is 4.21. The van der Waals surface area contributed by atoms with E-state index in [-0.39, 0.29) is 18.6 Å². The van der Waals surface area contributed by atoms with E-state index in [9.17, 15) is 4.79 Å². The van der Waals surface area contributed by atoms with Crippen LogP contribution in [0, 0.1) is 0 Å². The summed E-state index contributed by atoms with van der Waals surface area (Å²) in [5, 5.41) is 6.03. The number of hydrogen-bond acceptors (Lipinski definition) is 6. The average molecular weight is 339 g/mol. The highest BCUT2D eigenvalue weighted by Crippen LogP contribution is 2.23. The minimum Gasteiger partial charge on any atom is -0.484 e. The van der Waals surface area contributed by atoms with Gasteiger partial charge in [-0.2, -0.15) is 4.98 Å². The summed E-state index contributed by atoms with van der Waals surface area (Å²) in [7, 11) is 0. The second kappa shape index (κ2) is 6.90. The molecule has 0 N–H and O–H groups in total. The fourth-order valence-corrected chi connectivity index (χ4v) is 2.93. The lowest BCUT2D eigenvalue weighted by atomic mass is 10.1. The first kappa shape index (κ1) is 15.6. The van der Waals surface area contributed by atoms with Gasteiger partial charge in [-0.25, -0.2) is 0 Å². The molecule has 1 fully saturated rings. The van der Waals surface area contributed by atoms with Crippen molar-refractivity contribution >= 4 is 16.7 Å². The van der Waals surface area contributed by atoms with Gasteiger partial charge in [0.15, 0.2) is 12.4 Å². The Balaban J connectivity index is 1.45. The molecule has 0 aliphatic carbocycles. The zero-order valence-electron chi connectivity index (χ0n) is 13.5. The summed E-state index contributed by atoms with van der Waals surface area (Å²) in [6.45, 7) is 1.25. The van der Waals surface area contributed by atoms with Crippen molar-refractivity contribution in [3.63, 3.8) is 0 Å². The number of hydrogen-bond donors (Lipinski definition) is 0. The predicted octanol–water partition coefficient (Wildman–Crippen LogP) is 2.20. The Bertz CT molecular complexity index is 866. The van der Waals surface area contributed by atoms with Gasteiger partial charge in [0.05, 0.1) is 13.2 Å². The van der Waals surface area contributed by atoms with Gasteiger partial charge in [-0.05, 0) is 22.9 Å². The minimum atomic E-state index is -0.347. The second-order valence-electron chi connectivity index (χ2n) is 5.76. The van der Waals surface area contributed by atoms with Crippen LogP contribution in [-0.2, 0) is 9.53 Å². The average Bonchev–Trinajstić information content (AvgIpc) is 3.20. The van der Waals surface area contributed by atoms with Gasteiger partial charge in [-0.15, -0.1) is 0 Å². The zero-order valence-corrected chi connectivity index (χ0v) is 13.5. The van der Waals surface area contributed by atoms with Crippen LogP contribution in [0.2, 0.25) is 0 Å². The molecule has 1 aromatic heterocycles. The van der Waals surface area contributed by atoms with E-state index < -0.39 is 0 Å². The first-order valence-corrected chi connectivity index (χ1v) is 8.06. The van der Waals surface area contributed by atoms with Gasteiger partial charge in [-0.3, -0.25) is 4.79 Å². The summed E-state index contributed by atoms with van der Waals surface area (Å²) >= 11 is 0. The van der Waals surface area contributed by atoms with Crippen LogP contribution in [0.5, 0.6) is 5.75 Å². The molecule has 2 heterocycles. The number of nitrogens with zero attached hydrogens (tertiary/aromatic N) is 3. The fourth-order valence-electron chi connectivity index (χ4n) is 2.93. The number of ether oxygens (including phenoxy) is 2. The molecule has 2 aromatic carbocycles. The Labute approximate surface area is 144 Å². The summed E-state index contributed by atoms with van der Waals surface area (Å²) in [5.74, 6) is 0.974. The van der Waals surface area contributed by atoms with Crippen LogP contribution in [0.15, 0.2) is 53.4 Å². The van der Waals surface area contributed by atoms with Crippen molar-refractivity contribution in [1.82, 2.24) is 15.0 Å². The van der Waals surface area contributed by atoms with Gasteiger partial charge in [0.1, 0.15) is 11.8 Å². The normalized spacial score (nSPS) is 17.6. The fraction of sp³-hybridized carbons (Fsp3) is 0.278. The molecule has 128 valence electrons. The Hall–Kier alpha value is -2.93. The van der Waals surface area contributed by atoms with Crippen molar-refractivity contribution in [3.8, 4) is 5.75 Å². The number of rotatable bonds is 4. The lowest BCUT2D eigenvalue weighted by Crippen LogP contribution is -2.45. The molecule has 1 aliphatic rings. The Morgan fingerprint density at radius 2 is 2.12 bits per heavy atom. The molecule has 4 rings (SSSR count). The molecule has 0 saturated carbocycles. The quantitative estimate of drug-likeness (QED) is 0.725. The molecule has 0 spiro atoms. The van der Waals surface area contributed by atoms with E-state index in [4.69, 9.17) is 14.0 Å². The Morgan fingerprint density at radius 3 is 2.96 bits per heavy atom. The van der Waals surface area contributed by atoms with Gasteiger partial charge in [0, 0.05) is 6.54 Å². The summed E-state index contributed by atoms with van der Waals surface area (Å²) in [5.41, 5.74) is 0. The molecule has 1 atom stereocenters. The van der Waals surface area contributed by atoms with Gasteiger partial charge in [-0.1, -0.05) is 35.5 Å². The van der Waals surface area contributed by atoms with Crippen LogP contribution in [0.3, 0.4) is 0 Å². The Morgan fingerprint density at radius 1 is 1.24 bits per heavy atom. The molecule has 25 heavy (non-hydrogen) atoms. The van der Waals surface area contributed by atoms with Gasteiger partial charge in [0.2, 0.25) is 6.39 Å². The summed E-state index contributed by atoms with van der Waals surface area (Å²) in [6.07, 6.45) is 1.25. The number of aromatic nitrogens is 2. The lowest BCUT2D eigenvalue weighted by Gasteiger charge is -2.33. The third-order valence-corrected chi connectivity index (χ3v) is 4.21. The topological polar surface area (TPSA) is 77.7 Å². The monoisotopic (exact) mass is 339 g/mol. The van der Waals surface area contributed by atoms with Crippen LogP contribution in [0.4, 0.5) is 0 Å². The maximum Gasteiger partial charge on any atom is 0.261 e. The van der Waals surface area contributed by atoms with E-state index >= 15 is 0 Å². The maximum atomic E-state index is 12.6. The molecule has 7 heteroatoms. The second-order valence-corrected chi connectivity index (χ2v) is 5.76. The van der Waals surface area contributed by atoms with Crippen LogP contribution in [0.1, 0.15) is 11.9 Å². The maximum absolute atomic E-state index is 12.6. The number of carbonyl (C=O) groups excluding carboxylic acids is 1. The van der Waals surface area contributed by atoms with Gasteiger partial charge >= 0.3 is 0 Å². The standard InChI is InChI=1S/C18H17N3O4/c22-17(21-7-8-23-10-16(21)18-19-12-25-20-18)11-24-15-6-5-13-3-1-2-4-14(13)9-15/h1-6,9,12,16H,7-8,10-11H2/t16-/m0/s1. The summed E-state index contributed by atoms with van der Waals surface area (Å²) < 4.78 is 15.9.